The maximum absolute atomic E-state index is 12.2. The van der Waals surface area contributed by atoms with Gasteiger partial charge in [0.25, 0.3) is 5.69 Å². The van der Waals surface area contributed by atoms with Crippen LogP contribution < -0.4 is 10.6 Å². The van der Waals surface area contributed by atoms with Crippen molar-refractivity contribution < 1.29 is 28.8 Å². The lowest BCUT2D eigenvalue weighted by molar-refractivity contribution is -0.385. The Morgan fingerprint density at radius 1 is 1.26 bits per heavy atom. The SMILES string of the molecule is CCOC(=O)C1=C(COC(=O)c2ccc([N+](=O)[O-])c(C)c2)NC(=O)N[C@H]1C. The second kappa shape index (κ2) is 8.30. The molecule has 1 aromatic carbocycles. The number of aryl methyl sites for hydroxylation is 1. The van der Waals surface area contributed by atoms with Gasteiger partial charge in [-0.1, -0.05) is 0 Å². The average Bonchev–Trinajstić information content (AvgIpc) is 2.58. The zero-order valence-electron chi connectivity index (χ0n) is 15.0. The summed E-state index contributed by atoms with van der Waals surface area (Å²) in [6.45, 7) is 4.55. The summed E-state index contributed by atoms with van der Waals surface area (Å²) in [6, 6.07) is 2.67. The first-order valence-corrected chi connectivity index (χ1v) is 8.14. The number of esters is 2. The van der Waals surface area contributed by atoms with Gasteiger partial charge in [0.05, 0.1) is 34.4 Å². The summed E-state index contributed by atoms with van der Waals surface area (Å²) in [4.78, 5) is 46.3. The van der Waals surface area contributed by atoms with Crippen LogP contribution in [0.1, 0.15) is 29.8 Å². The third kappa shape index (κ3) is 4.60. The van der Waals surface area contributed by atoms with Gasteiger partial charge >= 0.3 is 18.0 Å². The van der Waals surface area contributed by atoms with E-state index in [9.17, 15) is 24.5 Å². The van der Waals surface area contributed by atoms with Gasteiger partial charge in [-0.25, -0.2) is 14.4 Å². The van der Waals surface area contributed by atoms with Crippen molar-refractivity contribution in [3.63, 3.8) is 0 Å². The van der Waals surface area contributed by atoms with Crippen molar-refractivity contribution in [1.29, 1.82) is 0 Å². The van der Waals surface area contributed by atoms with Crippen LogP contribution in [0.5, 0.6) is 0 Å². The van der Waals surface area contributed by atoms with Crippen LogP contribution in [0.25, 0.3) is 0 Å². The van der Waals surface area contributed by atoms with Gasteiger partial charge in [0.15, 0.2) is 0 Å². The van der Waals surface area contributed by atoms with Crippen LogP contribution in [-0.4, -0.2) is 42.1 Å². The molecule has 27 heavy (non-hydrogen) atoms. The molecule has 0 unspecified atom stereocenters. The predicted molar refractivity (Wildman–Crippen MR) is 92.9 cm³/mol. The Kier molecular flexibility index (Phi) is 6.11. The Hall–Kier alpha value is -3.43. The molecule has 1 aliphatic rings. The minimum absolute atomic E-state index is 0.113. The van der Waals surface area contributed by atoms with Crippen molar-refractivity contribution in [2.75, 3.05) is 13.2 Å². The summed E-state index contributed by atoms with van der Waals surface area (Å²) >= 11 is 0. The average molecular weight is 377 g/mol. The molecule has 1 atom stereocenters. The molecule has 2 N–H and O–H groups in total. The number of amides is 2. The van der Waals surface area contributed by atoms with E-state index in [1.165, 1.54) is 25.1 Å². The second-order valence-corrected chi connectivity index (χ2v) is 5.77. The molecule has 0 radical (unpaired) electrons. The van der Waals surface area contributed by atoms with Crippen LogP contribution in [0, 0.1) is 17.0 Å². The van der Waals surface area contributed by atoms with E-state index in [1.54, 1.807) is 13.8 Å². The molecule has 2 amide bonds. The fourth-order valence-electron chi connectivity index (χ4n) is 2.60. The maximum Gasteiger partial charge on any atom is 0.338 e. The Balaban J connectivity index is 2.19. The number of urea groups is 1. The van der Waals surface area contributed by atoms with Crippen LogP contribution in [-0.2, 0) is 14.3 Å². The monoisotopic (exact) mass is 377 g/mol. The van der Waals surface area contributed by atoms with E-state index >= 15 is 0 Å². The van der Waals surface area contributed by atoms with Crippen LogP contribution in [0.4, 0.5) is 10.5 Å². The number of nitrogens with zero attached hydrogens (tertiary/aromatic N) is 1. The van der Waals surface area contributed by atoms with E-state index in [0.717, 1.165) is 0 Å². The van der Waals surface area contributed by atoms with Crippen LogP contribution in [0.3, 0.4) is 0 Å². The number of nitro benzene ring substituents is 1. The predicted octanol–water partition coefficient (Wildman–Crippen LogP) is 1.58. The van der Waals surface area contributed by atoms with Gasteiger partial charge < -0.3 is 20.1 Å². The van der Waals surface area contributed by atoms with E-state index in [1.807, 2.05) is 0 Å². The fraction of sp³-hybridized carbons (Fsp3) is 0.353. The van der Waals surface area contributed by atoms with Crippen molar-refractivity contribution in [3.05, 3.63) is 50.7 Å². The maximum atomic E-state index is 12.2. The third-order valence-corrected chi connectivity index (χ3v) is 3.84. The number of hydrogen-bond acceptors (Lipinski definition) is 7. The number of rotatable bonds is 6. The number of ether oxygens (including phenoxy) is 2. The normalized spacial score (nSPS) is 16.3. The van der Waals surface area contributed by atoms with Crippen molar-refractivity contribution in [3.8, 4) is 0 Å². The minimum atomic E-state index is -0.746. The molecule has 1 aliphatic heterocycles. The van der Waals surface area contributed by atoms with Gasteiger partial charge in [-0.3, -0.25) is 10.1 Å². The topological polar surface area (TPSA) is 137 Å². The Morgan fingerprint density at radius 3 is 2.56 bits per heavy atom. The molecule has 1 aromatic rings. The minimum Gasteiger partial charge on any atom is -0.463 e. The Morgan fingerprint density at radius 2 is 1.96 bits per heavy atom. The highest BCUT2D eigenvalue weighted by atomic mass is 16.6. The molecule has 0 aromatic heterocycles. The molecule has 0 spiro atoms. The first-order valence-electron chi connectivity index (χ1n) is 8.14. The number of hydrogen-bond donors (Lipinski definition) is 2. The second-order valence-electron chi connectivity index (χ2n) is 5.77. The van der Waals surface area contributed by atoms with E-state index in [2.05, 4.69) is 10.6 Å². The summed E-state index contributed by atoms with van der Waals surface area (Å²) in [5.74, 6) is -1.38. The number of carbonyl (C=O) groups is 3. The third-order valence-electron chi connectivity index (χ3n) is 3.84. The summed E-state index contributed by atoms with van der Waals surface area (Å²) in [5.41, 5.74) is 0.591. The lowest BCUT2D eigenvalue weighted by Crippen LogP contribution is -2.50. The molecule has 10 heteroatoms. The first-order chi connectivity index (χ1) is 12.7. The first kappa shape index (κ1) is 19.9. The molecule has 0 aliphatic carbocycles. The van der Waals surface area contributed by atoms with E-state index in [-0.39, 0.29) is 35.7 Å². The van der Waals surface area contributed by atoms with Crippen LogP contribution in [0.15, 0.2) is 29.5 Å². The van der Waals surface area contributed by atoms with Crippen molar-refractivity contribution in [2.45, 2.75) is 26.8 Å². The van der Waals surface area contributed by atoms with Gasteiger partial charge in [-0.05, 0) is 32.9 Å². The fourth-order valence-corrected chi connectivity index (χ4v) is 2.60. The molecule has 10 nitrogen and oxygen atoms in total. The smallest absolute Gasteiger partial charge is 0.338 e. The van der Waals surface area contributed by atoms with E-state index in [0.29, 0.717) is 5.56 Å². The van der Waals surface area contributed by atoms with Gasteiger partial charge in [-0.2, -0.15) is 0 Å². The van der Waals surface area contributed by atoms with Gasteiger partial charge in [0.2, 0.25) is 0 Å². The summed E-state index contributed by atoms with van der Waals surface area (Å²) in [5, 5.41) is 15.8. The van der Waals surface area contributed by atoms with Gasteiger partial charge in [0, 0.05) is 11.6 Å². The number of carbonyl (C=O) groups excluding carboxylic acids is 3. The Labute approximate surface area is 154 Å². The summed E-state index contributed by atoms with van der Waals surface area (Å²) in [6.07, 6.45) is 0. The quantitative estimate of drug-likeness (QED) is 0.436. The van der Waals surface area contributed by atoms with Crippen molar-refractivity contribution in [1.82, 2.24) is 10.6 Å². The van der Waals surface area contributed by atoms with Crippen LogP contribution >= 0.6 is 0 Å². The molecular formula is C17H19N3O7. The Bertz CT molecular complexity index is 832. The molecule has 0 bridgehead atoms. The summed E-state index contributed by atoms with van der Waals surface area (Å²) in [7, 11) is 0. The highest BCUT2D eigenvalue weighted by molar-refractivity contribution is 5.95. The number of nitrogens with one attached hydrogen (secondary N) is 2. The summed E-state index contributed by atoms with van der Waals surface area (Å²) < 4.78 is 10.1. The van der Waals surface area contributed by atoms with Crippen molar-refractivity contribution >= 4 is 23.7 Å². The molecule has 1 heterocycles. The van der Waals surface area contributed by atoms with E-state index in [4.69, 9.17) is 9.47 Å². The number of benzene rings is 1. The lowest BCUT2D eigenvalue weighted by atomic mass is 10.0. The highest BCUT2D eigenvalue weighted by Crippen LogP contribution is 2.20. The molecular weight excluding hydrogens is 358 g/mol. The lowest BCUT2D eigenvalue weighted by Gasteiger charge is -2.26. The molecule has 144 valence electrons. The standard InChI is InChI=1S/C17H19N3O7/c1-4-26-16(22)14-10(3)18-17(23)19-12(14)8-27-15(21)11-5-6-13(20(24)25)9(2)7-11/h5-7,10H,4,8H2,1-3H3,(H2,18,19,23)/t10-/m0/s1. The van der Waals surface area contributed by atoms with Crippen molar-refractivity contribution in [2.24, 2.45) is 0 Å². The number of nitro groups is 1. The molecule has 0 saturated heterocycles. The molecule has 0 fully saturated rings. The zero-order valence-corrected chi connectivity index (χ0v) is 15.0. The highest BCUT2D eigenvalue weighted by Gasteiger charge is 2.30. The van der Waals surface area contributed by atoms with Gasteiger partial charge in [0.1, 0.15) is 6.61 Å². The largest absolute Gasteiger partial charge is 0.463 e. The molecule has 2 rings (SSSR count). The van der Waals surface area contributed by atoms with Gasteiger partial charge in [-0.15, -0.1) is 0 Å². The zero-order chi connectivity index (χ0) is 20.1. The van der Waals surface area contributed by atoms with Crippen LogP contribution in [0.2, 0.25) is 0 Å². The molecule has 0 saturated carbocycles. The van der Waals surface area contributed by atoms with E-state index < -0.39 is 28.9 Å².